The van der Waals surface area contributed by atoms with E-state index in [1.54, 1.807) is 0 Å². The van der Waals surface area contributed by atoms with Gasteiger partial charge in [-0.15, -0.1) is 0 Å². The lowest BCUT2D eigenvalue weighted by molar-refractivity contribution is -0.121. The highest BCUT2D eigenvalue weighted by Crippen LogP contribution is 2.44. The number of aromatic nitrogens is 1. The fourth-order valence-corrected chi connectivity index (χ4v) is 5.74. The van der Waals surface area contributed by atoms with Crippen LogP contribution in [0.15, 0.2) is 72.8 Å². The molecule has 0 fully saturated rings. The molecule has 0 saturated carbocycles. The molecule has 0 spiro atoms. The van der Waals surface area contributed by atoms with E-state index < -0.39 is 0 Å². The lowest BCUT2D eigenvalue weighted by Crippen LogP contribution is -2.51. The van der Waals surface area contributed by atoms with Crippen LogP contribution in [0.5, 0.6) is 0 Å². The van der Waals surface area contributed by atoms with Gasteiger partial charge >= 0.3 is 0 Å². The van der Waals surface area contributed by atoms with Crippen molar-refractivity contribution in [3.05, 3.63) is 100 Å². The van der Waals surface area contributed by atoms with Crippen molar-refractivity contribution in [3.63, 3.8) is 0 Å². The average Bonchev–Trinajstić information content (AvgIpc) is 3.19. The second-order valence-corrected chi connectivity index (χ2v) is 9.56. The van der Waals surface area contributed by atoms with E-state index >= 15 is 0 Å². The Balaban J connectivity index is 1.39. The molecule has 0 saturated heterocycles. The van der Waals surface area contributed by atoms with Gasteiger partial charge in [-0.1, -0.05) is 54.1 Å². The van der Waals surface area contributed by atoms with Crippen LogP contribution in [0.3, 0.4) is 0 Å². The number of para-hydroxylation sites is 2. The molecular formula is C28H25ClN4O2. The van der Waals surface area contributed by atoms with Crippen molar-refractivity contribution in [2.45, 2.75) is 25.7 Å². The number of benzene rings is 3. The summed E-state index contributed by atoms with van der Waals surface area (Å²) in [5, 5.41) is 4.82. The van der Waals surface area contributed by atoms with Gasteiger partial charge in [0, 0.05) is 36.1 Å². The van der Waals surface area contributed by atoms with Gasteiger partial charge in [0.05, 0.1) is 16.9 Å². The average molecular weight is 485 g/mol. The molecule has 1 unspecified atom stereocenters. The van der Waals surface area contributed by atoms with Crippen molar-refractivity contribution in [3.8, 4) is 0 Å². The number of anilines is 1. The molecule has 3 aromatic carbocycles. The Morgan fingerprint density at radius 3 is 2.71 bits per heavy atom. The lowest BCUT2D eigenvalue weighted by atomic mass is 9.96. The molecule has 176 valence electrons. The van der Waals surface area contributed by atoms with Crippen molar-refractivity contribution >= 4 is 40.0 Å². The van der Waals surface area contributed by atoms with Crippen molar-refractivity contribution < 1.29 is 9.59 Å². The summed E-state index contributed by atoms with van der Waals surface area (Å²) in [4.78, 5) is 30.7. The van der Waals surface area contributed by atoms with Gasteiger partial charge in [0.15, 0.2) is 0 Å². The Hall–Kier alpha value is -3.77. The van der Waals surface area contributed by atoms with Crippen LogP contribution >= 0.6 is 11.6 Å². The van der Waals surface area contributed by atoms with E-state index in [0.29, 0.717) is 18.1 Å². The second kappa shape index (κ2) is 8.47. The van der Waals surface area contributed by atoms with Crippen LogP contribution < -0.4 is 10.2 Å². The van der Waals surface area contributed by atoms with Gasteiger partial charge in [-0.2, -0.15) is 0 Å². The fourth-order valence-electron chi connectivity index (χ4n) is 5.53. The van der Waals surface area contributed by atoms with Gasteiger partial charge in [-0.3, -0.25) is 9.59 Å². The monoisotopic (exact) mass is 484 g/mol. The third kappa shape index (κ3) is 3.56. The summed E-state index contributed by atoms with van der Waals surface area (Å²) in [6.45, 7) is 1.22. The molecule has 6 nitrogen and oxygen atoms in total. The number of hydrogen-bond donors (Lipinski definition) is 1. The van der Waals surface area contributed by atoms with Crippen LogP contribution in [0.2, 0.25) is 5.02 Å². The summed E-state index contributed by atoms with van der Waals surface area (Å²) in [7, 11) is 2.03. The summed E-state index contributed by atoms with van der Waals surface area (Å²) in [6, 6.07) is 23.4. The molecule has 2 amide bonds. The number of carbonyl (C=O) groups excluding carboxylic acids is 2. The molecular weight excluding hydrogens is 460 g/mol. The van der Waals surface area contributed by atoms with Gasteiger partial charge < -0.3 is 19.7 Å². The first kappa shape index (κ1) is 21.7. The molecule has 2 aliphatic rings. The van der Waals surface area contributed by atoms with Crippen LogP contribution in [-0.2, 0) is 24.3 Å². The third-order valence-corrected chi connectivity index (χ3v) is 7.32. The Kier molecular flexibility index (Phi) is 5.26. The highest BCUT2D eigenvalue weighted by molar-refractivity contribution is 6.30. The number of amides is 2. The molecule has 1 N–H and O–H groups in total. The second-order valence-electron chi connectivity index (χ2n) is 9.12. The van der Waals surface area contributed by atoms with Gasteiger partial charge in [0.1, 0.15) is 12.7 Å². The zero-order valence-corrected chi connectivity index (χ0v) is 20.1. The predicted octanol–water partition coefficient (Wildman–Crippen LogP) is 4.76. The van der Waals surface area contributed by atoms with E-state index in [1.165, 1.54) is 5.56 Å². The smallest absolute Gasteiger partial charge is 0.257 e. The van der Waals surface area contributed by atoms with Crippen molar-refractivity contribution in [1.82, 2.24) is 14.8 Å². The molecule has 0 radical (unpaired) electrons. The molecule has 4 aromatic rings. The summed E-state index contributed by atoms with van der Waals surface area (Å²) < 4.78 is 2.09. The molecule has 35 heavy (non-hydrogen) atoms. The Morgan fingerprint density at radius 2 is 1.86 bits per heavy atom. The van der Waals surface area contributed by atoms with Crippen LogP contribution in [0.1, 0.15) is 33.3 Å². The summed E-state index contributed by atoms with van der Waals surface area (Å²) in [5.41, 5.74) is 5.82. The quantitative estimate of drug-likeness (QED) is 0.454. The topological polar surface area (TPSA) is 57.6 Å². The number of fused-ring (bicyclic) bond motifs is 6. The van der Waals surface area contributed by atoms with E-state index in [0.717, 1.165) is 39.8 Å². The summed E-state index contributed by atoms with van der Waals surface area (Å²) in [5.74, 6) is -0.0487. The van der Waals surface area contributed by atoms with Crippen molar-refractivity contribution in [2.75, 3.05) is 18.5 Å². The first-order chi connectivity index (χ1) is 17.0. The molecule has 1 aromatic heterocycles. The van der Waals surface area contributed by atoms with Crippen LogP contribution in [-0.4, -0.2) is 34.9 Å². The maximum atomic E-state index is 13.4. The van der Waals surface area contributed by atoms with Crippen LogP contribution in [0, 0.1) is 0 Å². The first-order valence-electron chi connectivity index (χ1n) is 11.8. The highest BCUT2D eigenvalue weighted by Gasteiger charge is 2.42. The van der Waals surface area contributed by atoms with Crippen LogP contribution in [0.25, 0.3) is 10.9 Å². The zero-order chi connectivity index (χ0) is 24.1. The van der Waals surface area contributed by atoms with Gasteiger partial charge in [0.2, 0.25) is 5.91 Å². The van der Waals surface area contributed by atoms with Gasteiger partial charge in [0.25, 0.3) is 5.91 Å². The van der Waals surface area contributed by atoms with Crippen LogP contribution in [0.4, 0.5) is 5.69 Å². The molecule has 1 atom stereocenters. The zero-order valence-electron chi connectivity index (χ0n) is 19.4. The van der Waals surface area contributed by atoms with E-state index in [1.807, 2.05) is 72.6 Å². The fraction of sp³-hybridized carbons (Fsp3) is 0.214. The van der Waals surface area contributed by atoms with E-state index in [4.69, 9.17) is 11.6 Å². The highest BCUT2D eigenvalue weighted by atomic mass is 35.5. The number of rotatable bonds is 4. The standard InChI is InChI=1S/C28H25ClN4O2/c1-31-23-11-4-3-10-22(23)28(35)32-14-13-21-20-9-2-5-12-24(20)33(26(21)27(31)32)17-25(34)30-16-18-7-6-8-19(29)15-18/h2-12,15,27H,13-14,16-17H2,1H3,(H,30,34). The SMILES string of the molecule is CN1c2ccccc2C(=O)N2CCc3c(n(CC(=O)NCc4cccc(Cl)c4)c4ccccc34)C21. The lowest BCUT2D eigenvalue weighted by Gasteiger charge is -2.46. The molecule has 6 rings (SSSR count). The Labute approximate surface area is 208 Å². The largest absolute Gasteiger partial charge is 0.350 e. The molecule has 0 aliphatic carbocycles. The normalized spacial score (nSPS) is 16.6. The van der Waals surface area contributed by atoms with E-state index in [2.05, 4.69) is 26.9 Å². The minimum Gasteiger partial charge on any atom is -0.350 e. The Morgan fingerprint density at radius 1 is 1.06 bits per heavy atom. The van der Waals surface area contributed by atoms with Crippen molar-refractivity contribution in [1.29, 1.82) is 0 Å². The number of nitrogens with zero attached hydrogens (tertiary/aromatic N) is 3. The number of halogens is 1. The first-order valence-corrected chi connectivity index (χ1v) is 12.1. The van der Waals surface area contributed by atoms with E-state index in [-0.39, 0.29) is 24.5 Å². The number of hydrogen-bond acceptors (Lipinski definition) is 3. The Bertz CT molecular complexity index is 1480. The molecule has 0 bridgehead atoms. The van der Waals surface area contributed by atoms with Gasteiger partial charge in [-0.25, -0.2) is 0 Å². The summed E-state index contributed by atoms with van der Waals surface area (Å²) >= 11 is 6.09. The minimum absolute atomic E-state index is 0.0385. The number of carbonyl (C=O) groups is 2. The summed E-state index contributed by atoms with van der Waals surface area (Å²) in [6.07, 6.45) is 0.486. The third-order valence-electron chi connectivity index (χ3n) is 7.09. The predicted molar refractivity (Wildman–Crippen MR) is 138 cm³/mol. The number of nitrogens with one attached hydrogen (secondary N) is 1. The maximum absolute atomic E-state index is 13.4. The molecule has 2 aliphatic heterocycles. The van der Waals surface area contributed by atoms with E-state index in [9.17, 15) is 9.59 Å². The van der Waals surface area contributed by atoms with Crippen molar-refractivity contribution in [2.24, 2.45) is 0 Å². The molecule has 3 heterocycles. The maximum Gasteiger partial charge on any atom is 0.257 e. The van der Waals surface area contributed by atoms with Gasteiger partial charge in [-0.05, 0) is 47.9 Å². The molecule has 7 heteroatoms. The minimum atomic E-state index is -0.269.